The summed E-state index contributed by atoms with van der Waals surface area (Å²) in [4.78, 5) is 12.1. The molecule has 0 spiro atoms. The van der Waals surface area contributed by atoms with Crippen LogP contribution in [0.2, 0.25) is 0 Å². The largest absolute Gasteiger partial charge is 0.507 e. The van der Waals surface area contributed by atoms with E-state index in [1.165, 1.54) is 6.07 Å². The smallest absolute Gasteiger partial charge is 0.259 e. The number of nitrogens with one attached hydrogen (secondary N) is 1. The summed E-state index contributed by atoms with van der Waals surface area (Å²) < 4.78 is 0. The van der Waals surface area contributed by atoms with Crippen LogP contribution in [0.4, 0.5) is 5.69 Å². The Morgan fingerprint density at radius 3 is 2.33 bits per heavy atom. The molecular formula is C17H20N2O2. The van der Waals surface area contributed by atoms with Crippen molar-refractivity contribution in [3.8, 4) is 5.75 Å². The maximum atomic E-state index is 12.1. The van der Waals surface area contributed by atoms with Crippen molar-refractivity contribution in [3.05, 3.63) is 59.7 Å². The van der Waals surface area contributed by atoms with Crippen molar-refractivity contribution < 1.29 is 9.90 Å². The molecule has 0 aromatic heterocycles. The van der Waals surface area contributed by atoms with Gasteiger partial charge >= 0.3 is 0 Å². The van der Waals surface area contributed by atoms with E-state index in [1.54, 1.807) is 18.2 Å². The molecule has 0 unspecified atom stereocenters. The monoisotopic (exact) mass is 284 g/mol. The first-order chi connectivity index (χ1) is 9.94. The van der Waals surface area contributed by atoms with Gasteiger partial charge in [-0.2, -0.15) is 0 Å². The van der Waals surface area contributed by atoms with Crippen LogP contribution in [0.1, 0.15) is 29.8 Å². The first-order valence-electron chi connectivity index (χ1n) is 6.84. The number of anilines is 1. The van der Waals surface area contributed by atoms with Gasteiger partial charge in [0.15, 0.2) is 0 Å². The number of carbonyl (C=O) groups is 1. The van der Waals surface area contributed by atoms with Crippen molar-refractivity contribution in [2.75, 3.05) is 11.9 Å². The van der Waals surface area contributed by atoms with Crippen molar-refractivity contribution in [2.24, 2.45) is 5.73 Å². The highest BCUT2D eigenvalue weighted by molar-refractivity contribution is 6.06. The molecule has 0 heterocycles. The number of phenolic OH excluding ortho intramolecular Hbond substituents is 1. The maximum Gasteiger partial charge on any atom is 0.259 e. The van der Waals surface area contributed by atoms with Crippen molar-refractivity contribution in [3.63, 3.8) is 0 Å². The normalized spacial score (nSPS) is 11.2. The van der Waals surface area contributed by atoms with Gasteiger partial charge in [-0.3, -0.25) is 4.79 Å². The Morgan fingerprint density at radius 2 is 1.76 bits per heavy atom. The number of carbonyl (C=O) groups excluding carboxylic acids is 1. The average Bonchev–Trinajstić information content (AvgIpc) is 2.48. The summed E-state index contributed by atoms with van der Waals surface area (Å²) >= 11 is 0. The Hall–Kier alpha value is -2.33. The Morgan fingerprint density at radius 1 is 1.14 bits per heavy atom. The Kier molecular flexibility index (Phi) is 4.29. The number of nitrogens with two attached hydrogens (primary N) is 1. The lowest BCUT2D eigenvalue weighted by Gasteiger charge is -2.23. The average molecular weight is 284 g/mol. The second-order valence-electron chi connectivity index (χ2n) is 5.64. The molecule has 4 N–H and O–H groups in total. The molecule has 2 aromatic carbocycles. The number of benzene rings is 2. The van der Waals surface area contributed by atoms with Gasteiger partial charge < -0.3 is 16.2 Å². The zero-order chi connectivity index (χ0) is 15.5. The highest BCUT2D eigenvalue weighted by Gasteiger charge is 2.18. The second-order valence-corrected chi connectivity index (χ2v) is 5.64. The van der Waals surface area contributed by atoms with Crippen molar-refractivity contribution in [1.29, 1.82) is 0 Å². The van der Waals surface area contributed by atoms with Crippen LogP contribution in [0.15, 0.2) is 48.5 Å². The minimum absolute atomic E-state index is 0.0316. The third kappa shape index (κ3) is 3.41. The van der Waals surface area contributed by atoms with Gasteiger partial charge in [0.1, 0.15) is 5.75 Å². The lowest BCUT2D eigenvalue weighted by Crippen LogP contribution is -2.27. The molecule has 0 aliphatic heterocycles. The Labute approximate surface area is 124 Å². The third-order valence-corrected chi connectivity index (χ3v) is 3.58. The molecule has 0 aliphatic rings. The van der Waals surface area contributed by atoms with Crippen molar-refractivity contribution in [1.82, 2.24) is 0 Å². The predicted molar refractivity (Wildman–Crippen MR) is 84.6 cm³/mol. The molecule has 0 radical (unpaired) electrons. The molecule has 0 fully saturated rings. The number of hydrogen-bond acceptors (Lipinski definition) is 3. The third-order valence-electron chi connectivity index (χ3n) is 3.58. The minimum atomic E-state index is -0.334. The van der Waals surface area contributed by atoms with Gasteiger partial charge in [-0.1, -0.05) is 38.1 Å². The lowest BCUT2D eigenvalue weighted by atomic mass is 9.85. The summed E-state index contributed by atoms with van der Waals surface area (Å²) in [5.41, 5.74) is 7.71. The van der Waals surface area contributed by atoms with E-state index >= 15 is 0 Å². The molecule has 0 saturated heterocycles. The lowest BCUT2D eigenvalue weighted by molar-refractivity contribution is 0.102. The molecule has 21 heavy (non-hydrogen) atoms. The number of para-hydroxylation sites is 1. The van der Waals surface area contributed by atoms with E-state index in [1.807, 2.05) is 24.3 Å². The van der Waals surface area contributed by atoms with Crippen LogP contribution in [-0.4, -0.2) is 17.6 Å². The minimum Gasteiger partial charge on any atom is -0.507 e. The highest BCUT2D eigenvalue weighted by Crippen LogP contribution is 2.24. The van der Waals surface area contributed by atoms with Gasteiger partial charge in [0.25, 0.3) is 5.91 Å². The van der Waals surface area contributed by atoms with E-state index in [0.29, 0.717) is 12.2 Å². The fourth-order valence-corrected chi connectivity index (χ4v) is 1.99. The van der Waals surface area contributed by atoms with Gasteiger partial charge in [-0.25, -0.2) is 0 Å². The molecule has 0 atom stereocenters. The van der Waals surface area contributed by atoms with E-state index in [4.69, 9.17) is 5.73 Å². The molecule has 0 saturated carbocycles. The van der Waals surface area contributed by atoms with Crippen LogP contribution in [0.5, 0.6) is 5.75 Å². The quantitative estimate of drug-likeness (QED) is 0.808. The summed E-state index contributed by atoms with van der Waals surface area (Å²) in [5, 5.41) is 12.4. The molecular weight excluding hydrogens is 264 g/mol. The van der Waals surface area contributed by atoms with Crippen LogP contribution in [-0.2, 0) is 5.41 Å². The summed E-state index contributed by atoms with van der Waals surface area (Å²) in [5.74, 6) is -0.366. The number of phenols is 1. The molecule has 4 heteroatoms. The van der Waals surface area contributed by atoms with Gasteiger partial charge in [0.2, 0.25) is 0 Å². The van der Waals surface area contributed by atoms with Gasteiger partial charge in [-0.05, 0) is 29.8 Å². The fraction of sp³-hybridized carbons (Fsp3) is 0.235. The molecule has 110 valence electrons. The first kappa shape index (κ1) is 15.1. The van der Waals surface area contributed by atoms with E-state index in [2.05, 4.69) is 19.2 Å². The topological polar surface area (TPSA) is 75.3 Å². The molecule has 2 rings (SSSR count). The first-order valence-corrected chi connectivity index (χ1v) is 6.84. The number of amides is 1. The standard InChI is InChI=1S/C17H20N2O2/c1-17(2,11-18)12-7-9-13(10-8-12)19-16(21)14-5-3-4-6-15(14)20/h3-10,20H,11,18H2,1-2H3,(H,19,21). The molecule has 0 bridgehead atoms. The molecule has 4 nitrogen and oxygen atoms in total. The van der Waals surface area contributed by atoms with E-state index in [0.717, 1.165) is 5.56 Å². The summed E-state index contributed by atoms with van der Waals surface area (Å²) in [6, 6.07) is 14.0. The Bertz CT molecular complexity index is 633. The van der Waals surface area contributed by atoms with Gasteiger partial charge in [0, 0.05) is 17.6 Å². The van der Waals surface area contributed by atoms with Crippen LogP contribution in [0.3, 0.4) is 0 Å². The van der Waals surface area contributed by atoms with Crippen molar-refractivity contribution in [2.45, 2.75) is 19.3 Å². The van der Waals surface area contributed by atoms with E-state index in [9.17, 15) is 9.90 Å². The summed E-state index contributed by atoms with van der Waals surface area (Å²) in [6.07, 6.45) is 0. The maximum absolute atomic E-state index is 12.1. The number of rotatable bonds is 4. The second kappa shape index (κ2) is 5.97. The zero-order valence-corrected chi connectivity index (χ0v) is 12.3. The molecule has 1 amide bonds. The molecule has 2 aromatic rings. The number of aromatic hydroxyl groups is 1. The van der Waals surface area contributed by atoms with Crippen LogP contribution in [0.25, 0.3) is 0 Å². The fourth-order valence-electron chi connectivity index (χ4n) is 1.99. The van der Waals surface area contributed by atoms with E-state index in [-0.39, 0.29) is 22.6 Å². The molecule has 0 aliphatic carbocycles. The summed E-state index contributed by atoms with van der Waals surface area (Å²) in [7, 11) is 0. The van der Waals surface area contributed by atoms with Crippen molar-refractivity contribution >= 4 is 11.6 Å². The zero-order valence-electron chi connectivity index (χ0n) is 12.3. The number of hydrogen-bond donors (Lipinski definition) is 3. The predicted octanol–water partition coefficient (Wildman–Crippen LogP) is 2.88. The van der Waals surface area contributed by atoms with Gasteiger partial charge in [-0.15, -0.1) is 0 Å². The van der Waals surface area contributed by atoms with Crippen LogP contribution in [0, 0.1) is 0 Å². The summed E-state index contributed by atoms with van der Waals surface area (Å²) in [6.45, 7) is 4.70. The van der Waals surface area contributed by atoms with Crippen LogP contribution < -0.4 is 11.1 Å². The SMILES string of the molecule is CC(C)(CN)c1ccc(NC(=O)c2ccccc2O)cc1. The Balaban J connectivity index is 2.14. The highest BCUT2D eigenvalue weighted by atomic mass is 16.3. The van der Waals surface area contributed by atoms with Gasteiger partial charge in [0.05, 0.1) is 5.56 Å². The van der Waals surface area contributed by atoms with Crippen LogP contribution >= 0.6 is 0 Å². The van der Waals surface area contributed by atoms with E-state index < -0.39 is 0 Å².